The van der Waals surface area contributed by atoms with E-state index in [1.807, 2.05) is 24.3 Å². The molecule has 24 heavy (non-hydrogen) atoms. The fraction of sp³-hybridized carbons (Fsp3) is 0.632. The normalized spacial score (nSPS) is 22.9. The van der Waals surface area contributed by atoms with E-state index >= 15 is 0 Å². The van der Waals surface area contributed by atoms with E-state index in [1.165, 1.54) is 0 Å². The molecule has 134 valence electrons. The van der Waals surface area contributed by atoms with Gasteiger partial charge in [-0.25, -0.2) is 4.99 Å². The van der Waals surface area contributed by atoms with Gasteiger partial charge in [0.2, 0.25) is 0 Å². The topological polar surface area (TPSA) is 68.9 Å². The van der Waals surface area contributed by atoms with Gasteiger partial charge in [-0.2, -0.15) is 0 Å². The van der Waals surface area contributed by atoms with Crippen molar-refractivity contribution in [3.63, 3.8) is 0 Å². The van der Waals surface area contributed by atoms with E-state index in [1.54, 1.807) is 7.11 Å². The molecule has 3 N–H and O–H groups in total. The zero-order chi connectivity index (χ0) is 17.6. The number of rotatable bonds is 8. The Morgan fingerprint density at radius 2 is 2.12 bits per heavy atom. The van der Waals surface area contributed by atoms with E-state index in [0.717, 1.165) is 37.1 Å². The summed E-state index contributed by atoms with van der Waals surface area (Å²) in [5.41, 5.74) is 8.15. The monoisotopic (exact) mass is 333 g/mol. The third-order valence-electron chi connectivity index (χ3n) is 4.82. The van der Waals surface area contributed by atoms with E-state index in [4.69, 9.17) is 15.2 Å². The fourth-order valence-electron chi connectivity index (χ4n) is 3.00. The van der Waals surface area contributed by atoms with Crippen LogP contribution in [0.15, 0.2) is 29.3 Å². The average molecular weight is 333 g/mol. The largest absolute Gasteiger partial charge is 0.380 e. The summed E-state index contributed by atoms with van der Waals surface area (Å²) in [6.07, 6.45) is 3.47. The number of aliphatic imine (C=N–C) groups is 1. The maximum atomic E-state index is 6.13. The molecule has 1 aliphatic carbocycles. The lowest BCUT2D eigenvalue weighted by Crippen LogP contribution is -2.54. The quantitative estimate of drug-likeness (QED) is 0.434. The van der Waals surface area contributed by atoms with Crippen LogP contribution < -0.4 is 11.1 Å². The Morgan fingerprint density at radius 3 is 2.79 bits per heavy atom. The number of benzene rings is 1. The molecule has 0 heterocycles. The van der Waals surface area contributed by atoms with Crippen LogP contribution in [0, 0.1) is 5.41 Å². The van der Waals surface area contributed by atoms with E-state index in [0.29, 0.717) is 12.6 Å². The van der Waals surface area contributed by atoms with Gasteiger partial charge in [0, 0.05) is 30.4 Å². The third kappa shape index (κ3) is 4.48. The molecule has 1 fully saturated rings. The van der Waals surface area contributed by atoms with Gasteiger partial charge in [0.25, 0.3) is 0 Å². The summed E-state index contributed by atoms with van der Waals surface area (Å²) >= 11 is 0. The van der Waals surface area contributed by atoms with Gasteiger partial charge in [0.05, 0.1) is 18.8 Å². The Bertz CT molecular complexity index is 557. The van der Waals surface area contributed by atoms with Crippen LogP contribution in [0.1, 0.15) is 45.6 Å². The van der Waals surface area contributed by atoms with Gasteiger partial charge >= 0.3 is 0 Å². The Morgan fingerprint density at radius 1 is 1.38 bits per heavy atom. The van der Waals surface area contributed by atoms with Crippen LogP contribution >= 0.6 is 0 Å². The van der Waals surface area contributed by atoms with Crippen LogP contribution in [0.2, 0.25) is 0 Å². The van der Waals surface area contributed by atoms with Crippen molar-refractivity contribution in [2.24, 2.45) is 16.1 Å². The number of methoxy groups -OCH3 is 1. The Kier molecular flexibility index (Phi) is 6.63. The summed E-state index contributed by atoms with van der Waals surface area (Å²) in [5.74, 6) is 0.448. The molecule has 5 heteroatoms. The van der Waals surface area contributed by atoms with E-state index in [-0.39, 0.29) is 17.6 Å². The molecule has 1 aliphatic rings. The highest BCUT2D eigenvalue weighted by atomic mass is 16.5. The SMILES string of the molecule is CCCCOC1CC(N=C(N)Nc2ccccc2COC)C1(C)C. The van der Waals surface area contributed by atoms with Gasteiger partial charge in [-0.15, -0.1) is 0 Å². The van der Waals surface area contributed by atoms with Crippen molar-refractivity contribution in [2.75, 3.05) is 19.0 Å². The van der Waals surface area contributed by atoms with E-state index < -0.39 is 0 Å². The van der Waals surface area contributed by atoms with Crippen LogP contribution in [-0.2, 0) is 16.1 Å². The van der Waals surface area contributed by atoms with Crippen LogP contribution in [0.25, 0.3) is 0 Å². The summed E-state index contributed by atoms with van der Waals surface area (Å²) in [5, 5.41) is 3.21. The van der Waals surface area contributed by atoms with Crippen molar-refractivity contribution >= 4 is 11.6 Å². The minimum absolute atomic E-state index is 0.0199. The van der Waals surface area contributed by atoms with Crippen LogP contribution in [0.3, 0.4) is 0 Å². The lowest BCUT2D eigenvalue weighted by atomic mass is 9.65. The smallest absolute Gasteiger partial charge is 0.193 e. The summed E-state index contributed by atoms with van der Waals surface area (Å²) in [6, 6.07) is 8.15. The van der Waals surface area contributed by atoms with E-state index in [2.05, 4.69) is 31.1 Å². The molecule has 0 bridgehead atoms. The molecular formula is C19H31N3O2. The van der Waals surface area contributed by atoms with E-state index in [9.17, 15) is 0 Å². The zero-order valence-corrected chi connectivity index (χ0v) is 15.3. The molecule has 0 amide bonds. The number of nitrogens with one attached hydrogen (secondary N) is 1. The maximum Gasteiger partial charge on any atom is 0.193 e. The first kappa shape index (κ1) is 18.7. The highest BCUT2D eigenvalue weighted by Crippen LogP contribution is 2.45. The molecule has 1 saturated carbocycles. The van der Waals surface area contributed by atoms with Gasteiger partial charge < -0.3 is 20.5 Å². The molecule has 0 aromatic heterocycles. The molecular weight excluding hydrogens is 302 g/mol. The molecule has 1 aromatic carbocycles. The van der Waals surface area contributed by atoms with Gasteiger partial charge in [0.15, 0.2) is 5.96 Å². The summed E-state index contributed by atoms with van der Waals surface area (Å²) in [6.45, 7) is 7.95. The third-order valence-corrected chi connectivity index (χ3v) is 4.82. The molecule has 0 saturated heterocycles. The molecule has 0 spiro atoms. The maximum absolute atomic E-state index is 6.13. The highest BCUT2D eigenvalue weighted by molar-refractivity contribution is 5.93. The highest BCUT2D eigenvalue weighted by Gasteiger charge is 2.49. The molecule has 0 aliphatic heterocycles. The van der Waals surface area contributed by atoms with Gasteiger partial charge in [-0.05, 0) is 18.9 Å². The second-order valence-corrected chi connectivity index (χ2v) is 7.02. The number of nitrogens with two attached hydrogens (primary N) is 1. The molecule has 5 nitrogen and oxygen atoms in total. The predicted molar refractivity (Wildman–Crippen MR) is 99.2 cm³/mol. The van der Waals surface area contributed by atoms with Crippen molar-refractivity contribution in [1.82, 2.24) is 0 Å². The molecule has 1 aromatic rings. The molecule has 2 atom stereocenters. The Balaban J connectivity index is 1.95. The molecule has 0 radical (unpaired) electrons. The second-order valence-electron chi connectivity index (χ2n) is 7.02. The summed E-state index contributed by atoms with van der Waals surface area (Å²) < 4.78 is 11.2. The molecule has 2 rings (SSSR count). The minimum Gasteiger partial charge on any atom is -0.380 e. The minimum atomic E-state index is 0.0199. The van der Waals surface area contributed by atoms with Gasteiger partial charge in [-0.3, -0.25) is 0 Å². The van der Waals surface area contributed by atoms with Crippen molar-refractivity contribution in [3.8, 4) is 0 Å². The molecule has 2 unspecified atom stereocenters. The van der Waals surface area contributed by atoms with Gasteiger partial charge in [0.1, 0.15) is 0 Å². The van der Waals surface area contributed by atoms with Gasteiger partial charge in [-0.1, -0.05) is 45.4 Å². The average Bonchev–Trinajstić information content (AvgIpc) is 2.55. The first-order chi connectivity index (χ1) is 11.5. The van der Waals surface area contributed by atoms with Crippen molar-refractivity contribution in [2.45, 2.75) is 58.8 Å². The standard InChI is InChI=1S/C19H31N3O2/c1-5-6-11-24-17-12-16(19(17,2)3)22-18(20)21-15-10-8-7-9-14(15)13-23-4/h7-10,16-17H,5-6,11-13H2,1-4H3,(H3,20,21,22). The number of guanidine groups is 1. The Hall–Kier alpha value is -1.59. The van der Waals surface area contributed by atoms with Crippen molar-refractivity contribution in [3.05, 3.63) is 29.8 Å². The zero-order valence-electron chi connectivity index (χ0n) is 15.3. The predicted octanol–water partition coefficient (Wildman–Crippen LogP) is 3.54. The number of hydrogen-bond acceptors (Lipinski definition) is 3. The fourth-order valence-corrected chi connectivity index (χ4v) is 3.00. The first-order valence-corrected chi connectivity index (χ1v) is 8.77. The lowest BCUT2D eigenvalue weighted by Gasteiger charge is -2.49. The summed E-state index contributed by atoms with van der Waals surface area (Å²) in [4.78, 5) is 4.67. The van der Waals surface area contributed by atoms with Crippen molar-refractivity contribution < 1.29 is 9.47 Å². The van der Waals surface area contributed by atoms with Crippen LogP contribution in [0.5, 0.6) is 0 Å². The summed E-state index contributed by atoms with van der Waals surface area (Å²) in [7, 11) is 1.68. The number of ether oxygens (including phenoxy) is 2. The number of nitrogens with zero attached hydrogens (tertiary/aromatic N) is 1. The number of para-hydroxylation sites is 1. The number of unbranched alkanes of at least 4 members (excludes halogenated alkanes) is 1. The second kappa shape index (κ2) is 8.49. The van der Waals surface area contributed by atoms with Crippen molar-refractivity contribution in [1.29, 1.82) is 0 Å². The van der Waals surface area contributed by atoms with Crippen LogP contribution in [-0.4, -0.2) is 31.8 Å². The number of hydrogen-bond donors (Lipinski definition) is 2. The Labute approximate surface area is 145 Å². The van der Waals surface area contributed by atoms with Crippen LogP contribution in [0.4, 0.5) is 5.69 Å². The number of anilines is 1. The lowest BCUT2D eigenvalue weighted by molar-refractivity contribution is -0.107. The first-order valence-electron chi connectivity index (χ1n) is 8.77.